The number of aromatic nitrogens is 2. The molecule has 0 atom stereocenters. The molecule has 0 bridgehead atoms. The van der Waals surface area contributed by atoms with E-state index in [-0.39, 0.29) is 18.2 Å². The molecule has 0 aromatic carbocycles. The summed E-state index contributed by atoms with van der Waals surface area (Å²) in [5.74, 6) is 0.0835. The zero-order valence-electron chi connectivity index (χ0n) is 12.4. The van der Waals surface area contributed by atoms with Crippen LogP contribution in [0.1, 0.15) is 30.8 Å². The normalized spacial score (nSPS) is 17.2. The molecule has 1 aliphatic rings. The fourth-order valence-corrected chi connectivity index (χ4v) is 2.43. The van der Waals surface area contributed by atoms with Crippen LogP contribution in [-0.4, -0.2) is 44.6 Å². The van der Waals surface area contributed by atoms with Gasteiger partial charge in [-0.25, -0.2) is 4.79 Å². The zero-order valence-corrected chi connectivity index (χ0v) is 12.4. The van der Waals surface area contributed by atoms with Crippen molar-refractivity contribution in [2.24, 2.45) is 5.92 Å². The molecule has 1 amide bonds. The second kappa shape index (κ2) is 5.01. The fourth-order valence-electron chi connectivity index (χ4n) is 2.43. The molecule has 20 heavy (non-hydrogen) atoms. The van der Waals surface area contributed by atoms with Crippen LogP contribution in [0, 0.1) is 19.8 Å². The number of nitrogens with zero attached hydrogens (tertiary/aromatic N) is 2. The van der Waals surface area contributed by atoms with Gasteiger partial charge in [-0.15, -0.1) is 0 Å². The molecule has 1 aromatic heterocycles. The van der Waals surface area contributed by atoms with Crippen LogP contribution in [0.4, 0.5) is 0 Å². The van der Waals surface area contributed by atoms with Gasteiger partial charge in [-0.1, -0.05) is 13.8 Å². The van der Waals surface area contributed by atoms with Crippen molar-refractivity contribution < 1.29 is 9.90 Å². The summed E-state index contributed by atoms with van der Waals surface area (Å²) in [6.45, 7) is 8.13. The number of carbonyl (C=O) groups excluding carboxylic acids is 1. The van der Waals surface area contributed by atoms with Gasteiger partial charge in [0, 0.05) is 17.0 Å². The van der Waals surface area contributed by atoms with Crippen molar-refractivity contribution in [2.45, 2.75) is 39.7 Å². The lowest BCUT2D eigenvalue weighted by molar-refractivity contribution is -0.163. The van der Waals surface area contributed by atoms with E-state index in [1.165, 1.54) is 0 Å². The third-order valence-electron chi connectivity index (χ3n) is 4.14. The number of carbonyl (C=O) groups is 1. The summed E-state index contributed by atoms with van der Waals surface area (Å²) in [7, 11) is 0. The average Bonchev–Trinajstić information content (AvgIpc) is 2.29. The summed E-state index contributed by atoms with van der Waals surface area (Å²) < 4.78 is 0. The van der Waals surface area contributed by atoms with Crippen molar-refractivity contribution >= 4 is 5.91 Å². The molecule has 1 saturated heterocycles. The molecule has 0 spiro atoms. The summed E-state index contributed by atoms with van der Waals surface area (Å²) >= 11 is 0. The van der Waals surface area contributed by atoms with E-state index in [0.29, 0.717) is 24.5 Å². The van der Waals surface area contributed by atoms with E-state index in [1.807, 2.05) is 13.8 Å². The third-order valence-corrected chi connectivity index (χ3v) is 4.14. The SMILES string of the molecule is Cc1nc(=O)[nH]c(C)c1CC(=O)N1CC(O)(C(C)C)C1. The highest BCUT2D eigenvalue weighted by Crippen LogP contribution is 2.29. The molecule has 0 aliphatic carbocycles. The molecule has 110 valence electrons. The Hall–Kier alpha value is -1.69. The first-order valence-electron chi connectivity index (χ1n) is 6.79. The number of likely N-dealkylation sites (tertiary alicyclic amines) is 1. The van der Waals surface area contributed by atoms with E-state index in [9.17, 15) is 14.7 Å². The minimum atomic E-state index is -0.761. The monoisotopic (exact) mass is 279 g/mol. The highest BCUT2D eigenvalue weighted by Gasteiger charge is 2.45. The maximum absolute atomic E-state index is 12.2. The standard InChI is InChI=1S/C14H21N3O3/c1-8(2)14(20)6-17(7-14)12(18)5-11-9(3)15-13(19)16-10(11)4/h8,20H,5-7H2,1-4H3,(H,15,16,19). The highest BCUT2D eigenvalue weighted by atomic mass is 16.3. The number of H-pyrrole nitrogens is 1. The molecule has 1 aromatic rings. The zero-order chi connectivity index (χ0) is 15.1. The number of aryl methyl sites for hydroxylation is 2. The van der Waals surface area contributed by atoms with Gasteiger partial charge in [0.05, 0.1) is 19.5 Å². The number of hydrogen-bond donors (Lipinski definition) is 2. The Bertz CT molecular complexity index is 560. The molecule has 1 fully saturated rings. The molecule has 6 nitrogen and oxygen atoms in total. The first-order valence-corrected chi connectivity index (χ1v) is 6.79. The van der Waals surface area contributed by atoms with Crippen molar-refractivity contribution in [3.8, 4) is 0 Å². The molecule has 0 radical (unpaired) electrons. The molecule has 6 heteroatoms. The first kappa shape index (κ1) is 14.7. The number of β-amino-alcohol motifs (C(OH)–C–C–N with tert-alkyl or cyclic N) is 1. The van der Waals surface area contributed by atoms with Crippen LogP contribution < -0.4 is 5.69 Å². The summed E-state index contributed by atoms with van der Waals surface area (Å²) in [6.07, 6.45) is 0.204. The molecule has 0 saturated carbocycles. The minimum Gasteiger partial charge on any atom is -0.386 e. The largest absolute Gasteiger partial charge is 0.386 e. The van der Waals surface area contributed by atoms with Gasteiger partial charge in [0.2, 0.25) is 5.91 Å². The van der Waals surface area contributed by atoms with Crippen LogP contribution in [0.2, 0.25) is 0 Å². The Morgan fingerprint density at radius 3 is 2.55 bits per heavy atom. The third kappa shape index (κ3) is 2.60. The van der Waals surface area contributed by atoms with E-state index < -0.39 is 11.3 Å². The predicted molar refractivity (Wildman–Crippen MR) is 74.4 cm³/mol. The van der Waals surface area contributed by atoms with Crippen LogP contribution in [-0.2, 0) is 11.2 Å². The summed E-state index contributed by atoms with van der Waals surface area (Å²) in [6, 6.07) is 0. The molecule has 1 aliphatic heterocycles. The van der Waals surface area contributed by atoms with Crippen LogP contribution in [0.3, 0.4) is 0 Å². The number of nitrogens with one attached hydrogen (secondary N) is 1. The van der Waals surface area contributed by atoms with Crippen LogP contribution in [0.15, 0.2) is 4.79 Å². The number of aromatic amines is 1. The lowest BCUT2D eigenvalue weighted by Crippen LogP contribution is -2.66. The van der Waals surface area contributed by atoms with E-state index in [0.717, 1.165) is 5.56 Å². The Balaban J connectivity index is 2.06. The van der Waals surface area contributed by atoms with Gasteiger partial charge in [-0.2, -0.15) is 4.98 Å². The summed E-state index contributed by atoms with van der Waals surface area (Å²) in [5, 5.41) is 10.2. The molecule has 2 N–H and O–H groups in total. The highest BCUT2D eigenvalue weighted by molar-refractivity contribution is 5.80. The number of rotatable bonds is 3. The maximum atomic E-state index is 12.2. The van der Waals surface area contributed by atoms with Crippen molar-refractivity contribution in [2.75, 3.05) is 13.1 Å². The van der Waals surface area contributed by atoms with Gasteiger partial charge < -0.3 is 15.0 Å². The Morgan fingerprint density at radius 2 is 2.05 bits per heavy atom. The topological polar surface area (TPSA) is 86.3 Å². The predicted octanol–water partition coefficient (Wildman–Crippen LogP) is 0.159. The van der Waals surface area contributed by atoms with Crippen molar-refractivity contribution in [1.82, 2.24) is 14.9 Å². The Labute approximate surface area is 117 Å². The average molecular weight is 279 g/mol. The van der Waals surface area contributed by atoms with Crippen LogP contribution in [0.5, 0.6) is 0 Å². The van der Waals surface area contributed by atoms with Gasteiger partial charge in [0.1, 0.15) is 5.60 Å². The number of aliphatic hydroxyl groups is 1. The number of amides is 1. The Morgan fingerprint density at radius 1 is 1.45 bits per heavy atom. The molecule has 2 heterocycles. The van der Waals surface area contributed by atoms with Gasteiger partial charge in [-0.3, -0.25) is 4.79 Å². The molecular formula is C14H21N3O3. The number of hydrogen-bond acceptors (Lipinski definition) is 4. The smallest absolute Gasteiger partial charge is 0.345 e. The van der Waals surface area contributed by atoms with E-state index in [2.05, 4.69) is 9.97 Å². The lowest BCUT2D eigenvalue weighted by Gasteiger charge is -2.49. The fraction of sp³-hybridized carbons (Fsp3) is 0.643. The van der Waals surface area contributed by atoms with Crippen LogP contribution >= 0.6 is 0 Å². The van der Waals surface area contributed by atoms with Gasteiger partial charge in [-0.05, 0) is 19.8 Å². The summed E-state index contributed by atoms with van der Waals surface area (Å²) in [5.41, 5.74) is 0.863. The first-order chi connectivity index (χ1) is 9.23. The van der Waals surface area contributed by atoms with Crippen molar-refractivity contribution in [1.29, 1.82) is 0 Å². The lowest BCUT2D eigenvalue weighted by atomic mass is 9.82. The second-order valence-electron chi connectivity index (χ2n) is 5.92. The molecule has 2 rings (SSSR count). The van der Waals surface area contributed by atoms with Crippen LogP contribution in [0.25, 0.3) is 0 Å². The Kier molecular flexibility index (Phi) is 3.69. The van der Waals surface area contributed by atoms with Gasteiger partial charge in [0.15, 0.2) is 0 Å². The minimum absolute atomic E-state index is 0.0460. The van der Waals surface area contributed by atoms with Crippen molar-refractivity contribution in [3.63, 3.8) is 0 Å². The van der Waals surface area contributed by atoms with Gasteiger partial charge in [0.25, 0.3) is 0 Å². The quantitative estimate of drug-likeness (QED) is 0.825. The van der Waals surface area contributed by atoms with E-state index in [4.69, 9.17) is 0 Å². The summed E-state index contributed by atoms with van der Waals surface area (Å²) in [4.78, 5) is 31.5. The molecular weight excluding hydrogens is 258 g/mol. The molecule has 0 unspecified atom stereocenters. The van der Waals surface area contributed by atoms with Crippen molar-refractivity contribution in [3.05, 3.63) is 27.4 Å². The second-order valence-corrected chi connectivity index (χ2v) is 5.92. The maximum Gasteiger partial charge on any atom is 0.345 e. The van der Waals surface area contributed by atoms with E-state index >= 15 is 0 Å². The van der Waals surface area contributed by atoms with E-state index in [1.54, 1.807) is 18.7 Å². The van der Waals surface area contributed by atoms with Gasteiger partial charge >= 0.3 is 5.69 Å².